The number of methoxy groups -OCH3 is 1. The number of hydrogen-bond donors (Lipinski definition) is 1. The highest BCUT2D eigenvalue weighted by Gasteiger charge is 2.40. The van der Waals surface area contributed by atoms with Crippen molar-refractivity contribution in [3.05, 3.63) is 53.6 Å². The van der Waals surface area contributed by atoms with Gasteiger partial charge in [-0.3, -0.25) is 4.90 Å². The van der Waals surface area contributed by atoms with Gasteiger partial charge in [-0.1, -0.05) is 18.2 Å². The number of fused-ring (bicyclic) bond motifs is 1. The summed E-state index contributed by atoms with van der Waals surface area (Å²) in [6.45, 7) is 4.50. The highest BCUT2D eigenvalue weighted by atomic mass is 32.2. The maximum Gasteiger partial charge on any atom is 0.335 e. The summed E-state index contributed by atoms with van der Waals surface area (Å²) < 4.78 is 47.8. The number of nitrogens with one attached hydrogen (secondary N) is 1. The zero-order valence-corrected chi connectivity index (χ0v) is 22.3. The Morgan fingerprint density at radius 2 is 1.71 bits per heavy atom. The molecular formula is C26H34N4O7S. The molecule has 1 N–H and O–H groups in total. The summed E-state index contributed by atoms with van der Waals surface area (Å²) in [7, 11) is -2.11. The Labute approximate surface area is 223 Å². The Morgan fingerprint density at radius 1 is 0.974 bits per heavy atom. The molecule has 2 fully saturated rings. The van der Waals surface area contributed by atoms with Crippen molar-refractivity contribution < 1.29 is 32.2 Å². The van der Waals surface area contributed by atoms with Crippen molar-refractivity contribution in [2.75, 3.05) is 72.0 Å². The topological polar surface area (TPSA) is 110 Å². The SMILES string of the molecule is COc1ccc(CCN2C(=O)N(NS(=O)(=O)CCN3CCOCC3)CC2c2ccc3c(c2)OCCO3)cc1. The summed E-state index contributed by atoms with van der Waals surface area (Å²) in [6.07, 6.45) is 0.606. The van der Waals surface area contributed by atoms with Crippen LogP contribution in [0.15, 0.2) is 42.5 Å². The van der Waals surface area contributed by atoms with Gasteiger partial charge in [0.2, 0.25) is 10.0 Å². The Balaban J connectivity index is 1.31. The Bertz CT molecular complexity index is 1220. The molecule has 0 radical (unpaired) electrons. The van der Waals surface area contributed by atoms with Gasteiger partial charge < -0.3 is 23.8 Å². The van der Waals surface area contributed by atoms with Crippen LogP contribution in [0.1, 0.15) is 17.2 Å². The second-order valence-corrected chi connectivity index (χ2v) is 11.3. The highest BCUT2D eigenvalue weighted by Crippen LogP contribution is 2.36. The van der Waals surface area contributed by atoms with E-state index in [1.165, 1.54) is 5.01 Å². The molecule has 0 spiro atoms. The molecule has 11 nitrogen and oxygen atoms in total. The van der Waals surface area contributed by atoms with Crippen LogP contribution in [0.4, 0.5) is 4.79 Å². The van der Waals surface area contributed by atoms with Crippen molar-refractivity contribution in [2.45, 2.75) is 12.5 Å². The summed E-state index contributed by atoms with van der Waals surface area (Å²) in [5.41, 5.74) is 1.90. The zero-order chi connectivity index (χ0) is 26.5. The van der Waals surface area contributed by atoms with Crippen LogP contribution in [0.3, 0.4) is 0 Å². The minimum Gasteiger partial charge on any atom is -0.497 e. The maximum atomic E-state index is 13.5. The number of hydrogen-bond acceptors (Lipinski definition) is 8. The molecule has 1 unspecified atom stereocenters. The Morgan fingerprint density at radius 3 is 2.45 bits per heavy atom. The first-order valence-electron chi connectivity index (χ1n) is 12.8. The number of carbonyl (C=O) groups excluding carboxylic acids is 1. The van der Waals surface area contributed by atoms with Crippen LogP contribution in [0.5, 0.6) is 17.2 Å². The average molecular weight is 547 g/mol. The fourth-order valence-electron chi connectivity index (χ4n) is 4.85. The van der Waals surface area contributed by atoms with E-state index in [0.29, 0.717) is 70.5 Å². The fraction of sp³-hybridized carbons (Fsp3) is 0.500. The molecule has 2 amide bonds. The number of morpholine rings is 1. The molecular weight excluding hydrogens is 512 g/mol. The van der Waals surface area contributed by atoms with E-state index < -0.39 is 10.0 Å². The van der Waals surface area contributed by atoms with Crippen LogP contribution in [0, 0.1) is 0 Å². The van der Waals surface area contributed by atoms with E-state index in [1.807, 2.05) is 47.4 Å². The Kier molecular flexibility index (Phi) is 8.22. The van der Waals surface area contributed by atoms with Gasteiger partial charge in [-0.05, 0) is 41.8 Å². The molecule has 38 heavy (non-hydrogen) atoms. The van der Waals surface area contributed by atoms with Gasteiger partial charge in [-0.15, -0.1) is 4.83 Å². The summed E-state index contributed by atoms with van der Waals surface area (Å²) >= 11 is 0. The third-order valence-electron chi connectivity index (χ3n) is 6.99. The quantitative estimate of drug-likeness (QED) is 0.479. The summed E-state index contributed by atoms with van der Waals surface area (Å²) in [4.78, 5) is 19.8. The van der Waals surface area contributed by atoms with E-state index in [0.717, 1.165) is 16.9 Å². The highest BCUT2D eigenvalue weighted by molar-refractivity contribution is 7.89. The van der Waals surface area contributed by atoms with Gasteiger partial charge in [-0.2, -0.15) is 0 Å². The minimum absolute atomic E-state index is 0.0999. The zero-order valence-electron chi connectivity index (χ0n) is 21.5. The average Bonchev–Trinajstić information content (AvgIpc) is 3.25. The van der Waals surface area contributed by atoms with Crippen molar-refractivity contribution in [3.63, 3.8) is 0 Å². The van der Waals surface area contributed by atoms with Crippen molar-refractivity contribution in [2.24, 2.45) is 0 Å². The molecule has 2 aromatic carbocycles. The normalized spacial score (nSPS) is 20.1. The number of amides is 2. The van der Waals surface area contributed by atoms with Gasteiger partial charge in [-0.25, -0.2) is 18.2 Å². The molecule has 1 atom stereocenters. The minimum atomic E-state index is -3.73. The van der Waals surface area contributed by atoms with E-state index in [9.17, 15) is 13.2 Å². The van der Waals surface area contributed by atoms with Gasteiger partial charge in [0.05, 0.1) is 38.7 Å². The number of benzene rings is 2. The number of nitrogens with zero attached hydrogens (tertiary/aromatic N) is 3. The molecule has 3 aliphatic rings. The molecule has 2 aromatic rings. The van der Waals surface area contributed by atoms with Crippen molar-refractivity contribution in [1.29, 1.82) is 0 Å². The van der Waals surface area contributed by atoms with Crippen LogP contribution >= 0.6 is 0 Å². The van der Waals surface area contributed by atoms with E-state index in [1.54, 1.807) is 12.0 Å². The molecule has 2 saturated heterocycles. The predicted molar refractivity (Wildman–Crippen MR) is 140 cm³/mol. The summed E-state index contributed by atoms with van der Waals surface area (Å²) in [5, 5.41) is 1.21. The lowest BCUT2D eigenvalue weighted by Gasteiger charge is -2.26. The van der Waals surface area contributed by atoms with Gasteiger partial charge in [0.25, 0.3) is 0 Å². The molecule has 3 heterocycles. The van der Waals surface area contributed by atoms with Crippen LogP contribution in [0.25, 0.3) is 0 Å². The lowest BCUT2D eigenvalue weighted by molar-refractivity contribution is 0.0407. The lowest BCUT2D eigenvalue weighted by Crippen LogP contribution is -2.48. The first-order valence-corrected chi connectivity index (χ1v) is 14.5. The monoisotopic (exact) mass is 546 g/mol. The lowest BCUT2D eigenvalue weighted by atomic mass is 10.0. The third-order valence-corrected chi connectivity index (χ3v) is 8.21. The van der Waals surface area contributed by atoms with E-state index >= 15 is 0 Å². The fourth-order valence-corrected chi connectivity index (χ4v) is 5.93. The number of carbonyl (C=O) groups is 1. The first-order chi connectivity index (χ1) is 18.4. The predicted octanol–water partition coefficient (Wildman–Crippen LogP) is 1.65. The standard InChI is InChI=1S/C26H34N4O7S/c1-34-22-5-2-20(3-6-22)8-9-29-23(21-4-7-24-25(18-21)37-16-15-36-24)19-30(26(29)31)27-38(32,33)17-12-28-10-13-35-14-11-28/h2-7,18,23,27H,8-17,19H2,1H3. The number of rotatable bonds is 10. The number of sulfonamides is 1. The van der Waals surface area contributed by atoms with Gasteiger partial charge in [0.15, 0.2) is 11.5 Å². The van der Waals surface area contributed by atoms with Gasteiger partial charge in [0.1, 0.15) is 19.0 Å². The van der Waals surface area contributed by atoms with E-state index in [4.69, 9.17) is 18.9 Å². The molecule has 0 aliphatic carbocycles. The van der Waals surface area contributed by atoms with Gasteiger partial charge in [0, 0.05) is 26.2 Å². The molecule has 0 saturated carbocycles. The number of ether oxygens (including phenoxy) is 4. The Hall–Kier alpha value is -3.06. The first kappa shape index (κ1) is 26.5. The molecule has 206 valence electrons. The molecule has 0 bridgehead atoms. The maximum absolute atomic E-state index is 13.5. The van der Waals surface area contributed by atoms with Gasteiger partial charge >= 0.3 is 6.03 Å². The summed E-state index contributed by atoms with van der Waals surface area (Å²) in [5.74, 6) is 1.95. The number of hydrazine groups is 1. The molecule has 12 heteroatoms. The second-order valence-electron chi connectivity index (χ2n) is 9.47. The van der Waals surface area contributed by atoms with Crippen molar-refractivity contribution >= 4 is 16.1 Å². The third kappa shape index (κ3) is 6.32. The smallest absolute Gasteiger partial charge is 0.335 e. The summed E-state index contributed by atoms with van der Waals surface area (Å²) in [6, 6.07) is 12.6. The van der Waals surface area contributed by atoms with E-state index in [2.05, 4.69) is 4.83 Å². The van der Waals surface area contributed by atoms with Crippen LogP contribution in [-0.2, 0) is 21.2 Å². The van der Waals surface area contributed by atoms with E-state index in [-0.39, 0.29) is 24.4 Å². The largest absolute Gasteiger partial charge is 0.497 e. The number of urea groups is 1. The van der Waals surface area contributed by atoms with Crippen LogP contribution < -0.4 is 19.0 Å². The molecule has 5 rings (SSSR count). The van der Waals surface area contributed by atoms with Crippen LogP contribution in [-0.4, -0.2) is 101 Å². The molecule has 3 aliphatic heterocycles. The molecule has 0 aromatic heterocycles. The van der Waals surface area contributed by atoms with Crippen molar-refractivity contribution in [3.8, 4) is 17.2 Å². The van der Waals surface area contributed by atoms with Crippen molar-refractivity contribution in [1.82, 2.24) is 19.6 Å². The van der Waals surface area contributed by atoms with Crippen LogP contribution in [0.2, 0.25) is 0 Å². The second kappa shape index (κ2) is 11.8.